The number of hydrogen-bond donors (Lipinski definition) is 2. The summed E-state index contributed by atoms with van der Waals surface area (Å²) in [5.74, 6) is -0.308. The van der Waals surface area contributed by atoms with E-state index < -0.39 is 6.04 Å². The van der Waals surface area contributed by atoms with E-state index in [1.807, 2.05) is 17.0 Å². The third-order valence-electron chi connectivity index (χ3n) is 8.02. The molecular weight excluding hydrogens is 479 g/mol. The second-order valence-electron chi connectivity index (χ2n) is 11.0. The molecule has 3 atom stereocenters. The molecule has 1 aliphatic carbocycles. The molecule has 38 heavy (non-hydrogen) atoms. The molecule has 6 nitrogen and oxygen atoms in total. The molecule has 3 unspecified atom stereocenters. The van der Waals surface area contributed by atoms with Gasteiger partial charge in [0.15, 0.2) is 0 Å². The number of nitrogens with zero attached hydrogens (tertiary/aromatic N) is 2. The number of primary amides is 1. The highest BCUT2D eigenvalue weighted by Gasteiger charge is 2.37. The number of rotatable bonds is 10. The van der Waals surface area contributed by atoms with Crippen LogP contribution >= 0.6 is 0 Å². The van der Waals surface area contributed by atoms with Crippen molar-refractivity contribution in [2.24, 2.45) is 23.3 Å². The Morgan fingerprint density at radius 2 is 1.63 bits per heavy atom. The van der Waals surface area contributed by atoms with Gasteiger partial charge in [-0.3, -0.25) is 14.5 Å². The number of hydrogen-bond acceptors (Lipinski definition) is 4. The Balaban J connectivity index is 1.23. The van der Waals surface area contributed by atoms with Crippen molar-refractivity contribution in [3.05, 3.63) is 83.7 Å². The summed E-state index contributed by atoms with van der Waals surface area (Å²) in [6.07, 6.45) is 4.33. The first-order chi connectivity index (χ1) is 18.4. The van der Waals surface area contributed by atoms with E-state index in [-0.39, 0.29) is 29.6 Å². The second kappa shape index (κ2) is 11.6. The normalized spacial score (nSPS) is 19.8. The van der Waals surface area contributed by atoms with Crippen LogP contribution in [0.4, 0.5) is 4.39 Å². The number of fused-ring (bicyclic) bond motifs is 1. The molecule has 7 heteroatoms. The van der Waals surface area contributed by atoms with Crippen LogP contribution in [0.25, 0.3) is 10.8 Å². The minimum Gasteiger partial charge on any atom is -0.369 e. The standard InChI is InChI=1S/C31H37FN4O2/c32-27-11-8-22(9-12-27)18-29(33)31(38)36-14-13-35(20-28(36)17-21-5-6-21)19-26(30(34)37)16-23-7-10-24-3-1-2-4-25(24)15-23/h1-4,7-12,15,21,26,28-29H,5-6,13-14,16-20,33H2,(H2,34,37). The highest BCUT2D eigenvalue weighted by Crippen LogP contribution is 2.36. The first kappa shape index (κ1) is 26.3. The van der Waals surface area contributed by atoms with E-state index in [0.29, 0.717) is 44.9 Å². The predicted octanol–water partition coefficient (Wildman–Crippen LogP) is 3.51. The molecular formula is C31H37FN4O2. The SMILES string of the molecule is NC(=O)C(Cc1ccc2ccccc2c1)CN1CCN(C(=O)C(N)Cc2ccc(F)cc2)C(CC2CC2)C1. The van der Waals surface area contributed by atoms with Gasteiger partial charge in [-0.15, -0.1) is 0 Å². The lowest BCUT2D eigenvalue weighted by molar-refractivity contribution is -0.138. The smallest absolute Gasteiger partial charge is 0.240 e. The Morgan fingerprint density at radius 1 is 0.921 bits per heavy atom. The molecule has 4 N–H and O–H groups in total. The van der Waals surface area contributed by atoms with Crippen LogP contribution in [0.2, 0.25) is 0 Å². The molecule has 2 fully saturated rings. The van der Waals surface area contributed by atoms with Crippen LogP contribution in [0, 0.1) is 17.7 Å². The monoisotopic (exact) mass is 516 g/mol. The summed E-state index contributed by atoms with van der Waals surface area (Å²) >= 11 is 0. The second-order valence-corrected chi connectivity index (χ2v) is 11.0. The molecule has 1 saturated carbocycles. The molecule has 0 aromatic heterocycles. The van der Waals surface area contributed by atoms with Gasteiger partial charge in [-0.05, 0) is 59.2 Å². The molecule has 1 aliphatic heterocycles. The van der Waals surface area contributed by atoms with E-state index in [2.05, 4.69) is 35.2 Å². The summed E-state index contributed by atoms with van der Waals surface area (Å²) in [7, 11) is 0. The summed E-state index contributed by atoms with van der Waals surface area (Å²) in [4.78, 5) is 30.1. The lowest BCUT2D eigenvalue weighted by Crippen LogP contribution is -2.59. The molecule has 3 aromatic rings. The number of carbonyl (C=O) groups excluding carboxylic acids is 2. The predicted molar refractivity (Wildman–Crippen MR) is 148 cm³/mol. The highest BCUT2D eigenvalue weighted by atomic mass is 19.1. The fourth-order valence-corrected chi connectivity index (χ4v) is 5.71. The van der Waals surface area contributed by atoms with Crippen LogP contribution < -0.4 is 11.5 Å². The summed E-state index contributed by atoms with van der Waals surface area (Å²) in [5.41, 5.74) is 14.2. The number of benzene rings is 3. The number of piperazine rings is 1. The van der Waals surface area contributed by atoms with Gasteiger partial charge < -0.3 is 16.4 Å². The number of amides is 2. The zero-order chi connectivity index (χ0) is 26.6. The van der Waals surface area contributed by atoms with Crippen molar-refractivity contribution in [2.75, 3.05) is 26.2 Å². The van der Waals surface area contributed by atoms with Gasteiger partial charge in [-0.1, -0.05) is 67.4 Å². The average Bonchev–Trinajstić information content (AvgIpc) is 3.73. The molecule has 1 saturated heterocycles. The zero-order valence-corrected chi connectivity index (χ0v) is 21.8. The highest BCUT2D eigenvalue weighted by molar-refractivity contribution is 5.84. The molecule has 200 valence electrons. The quantitative estimate of drug-likeness (QED) is 0.431. The van der Waals surface area contributed by atoms with E-state index in [0.717, 1.165) is 22.9 Å². The van der Waals surface area contributed by atoms with Crippen LogP contribution in [0.15, 0.2) is 66.7 Å². The molecule has 3 aromatic carbocycles. The van der Waals surface area contributed by atoms with Gasteiger partial charge >= 0.3 is 0 Å². The average molecular weight is 517 g/mol. The van der Waals surface area contributed by atoms with E-state index in [1.165, 1.54) is 30.4 Å². The lowest BCUT2D eigenvalue weighted by atomic mass is 9.95. The van der Waals surface area contributed by atoms with Crippen molar-refractivity contribution < 1.29 is 14.0 Å². The molecule has 5 rings (SSSR count). The van der Waals surface area contributed by atoms with E-state index >= 15 is 0 Å². The number of carbonyl (C=O) groups is 2. The van der Waals surface area contributed by atoms with Crippen molar-refractivity contribution >= 4 is 22.6 Å². The largest absolute Gasteiger partial charge is 0.369 e. The van der Waals surface area contributed by atoms with Crippen molar-refractivity contribution in [2.45, 2.75) is 44.2 Å². The van der Waals surface area contributed by atoms with E-state index in [9.17, 15) is 14.0 Å². The molecule has 0 radical (unpaired) electrons. The van der Waals surface area contributed by atoms with Crippen molar-refractivity contribution in [3.63, 3.8) is 0 Å². The minimum absolute atomic E-state index is 0.0535. The third-order valence-corrected chi connectivity index (χ3v) is 8.02. The van der Waals surface area contributed by atoms with Crippen molar-refractivity contribution in [3.8, 4) is 0 Å². The zero-order valence-electron chi connectivity index (χ0n) is 21.8. The Labute approximate surface area is 223 Å². The summed E-state index contributed by atoms with van der Waals surface area (Å²) in [6.45, 7) is 2.55. The van der Waals surface area contributed by atoms with Gasteiger partial charge in [0.2, 0.25) is 11.8 Å². The van der Waals surface area contributed by atoms with Crippen molar-refractivity contribution in [1.82, 2.24) is 9.80 Å². The number of halogens is 1. The van der Waals surface area contributed by atoms with Gasteiger partial charge in [-0.25, -0.2) is 4.39 Å². The van der Waals surface area contributed by atoms with Crippen LogP contribution in [-0.4, -0.2) is 59.9 Å². The lowest BCUT2D eigenvalue weighted by Gasteiger charge is -2.43. The Hall–Kier alpha value is -3.29. The van der Waals surface area contributed by atoms with Gasteiger partial charge in [0.25, 0.3) is 0 Å². The summed E-state index contributed by atoms with van der Waals surface area (Å²) in [6, 6.07) is 20.1. The van der Waals surface area contributed by atoms with Gasteiger partial charge in [0, 0.05) is 32.2 Å². The maximum Gasteiger partial charge on any atom is 0.240 e. The first-order valence-corrected chi connectivity index (χ1v) is 13.7. The van der Waals surface area contributed by atoms with Gasteiger partial charge in [0.1, 0.15) is 5.82 Å². The number of nitrogens with two attached hydrogens (primary N) is 2. The minimum atomic E-state index is -0.667. The van der Waals surface area contributed by atoms with E-state index in [4.69, 9.17) is 11.5 Å². The molecule has 2 amide bonds. The molecule has 0 spiro atoms. The van der Waals surface area contributed by atoms with E-state index in [1.54, 1.807) is 12.1 Å². The fraction of sp³-hybridized carbons (Fsp3) is 0.419. The van der Waals surface area contributed by atoms with Gasteiger partial charge in [-0.2, -0.15) is 0 Å². The fourth-order valence-electron chi connectivity index (χ4n) is 5.71. The molecule has 0 bridgehead atoms. The van der Waals surface area contributed by atoms with Crippen LogP contribution in [0.1, 0.15) is 30.4 Å². The third kappa shape index (κ3) is 6.58. The van der Waals surface area contributed by atoms with Crippen molar-refractivity contribution in [1.29, 1.82) is 0 Å². The van der Waals surface area contributed by atoms with Gasteiger partial charge in [0.05, 0.1) is 12.0 Å². The maximum absolute atomic E-state index is 13.4. The van der Waals surface area contributed by atoms with Crippen LogP contribution in [0.3, 0.4) is 0 Å². The molecule has 2 aliphatic rings. The van der Waals surface area contributed by atoms with Crippen LogP contribution in [-0.2, 0) is 22.4 Å². The Bertz CT molecular complexity index is 1280. The topological polar surface area (TPSA) is 92.7 Å². The Kier molecular flexibility index (Phi) is 8.05. The summed E-state index contributed by atoms with van der Waals surface area (Å²) in [5, 5.41) is 2.33. The summed E-state index contributed by atoms with van der Waals surface area (Å²) < 4.78 is 13.3. The first-order valence-electron chi connectivity index (χ1n) is 13.7. The molecule has 1 heterocycles. The maximum atomic E-state index is 13.4. The Morgan fingerprint density at radius 3 is 2.34 bits per heavy atom. The van der Waals surface area contributed by atoms with Crippen LogP contribution in [0.5, 0.6) is 0 Å².